The van der Waals surface area contributed by atoms with Gasteiger partial charge in [-0.2, -0.15) is 5.10 Å². The predicted molar refractivity (Wildman–Crippen MR) is 143 cm³/mol. The number of hydrazone groups is 1. The van der Waals surface area contributed by atoms with E-state index < -0.39 is 0 Å². The number of carbonyl (C=O) groups excluding carboxylic acids is 1. The Balaban J connectivity index is 1.49. The SMILES string of the molecule is COc1ccc(-c2nnc(SCC(=O)N/N=C\c3ccc(SC)cc3)n2-c2ccc(Cl)cc2)cc1. The second-order valence-corrected chi connectivity index (χ2v) is 9.46. The maximum absolute atomic E-state index is 12.4. The average molecular weight is 524 g/mol. The van der Waals surface area contributed by atoms with Crippen molar-refractivity contribution in [1.82, 2.24) is 20.2 Å². The molecule has 4 aromatic rings. The average Bonchev–Trinajstić information content (AvgIpc) is 3.32. The number of hydrogen-bond acceptors (Lipinski definition) is 7. The topological polar surface area (TPSA) is 81.4 Å². The monoisotopic (exact) mass is 523 g/mol. The second kappa shape index (κ2) is 11.9. The number of hydrogen-bond donors (Lipinski definition) is 1. The standard InChI is InChI=1S/C25H22ClN5O2S2/c1-33-21-11-5-18(6-12-21)24-29-30-25(31(24)20-9-7-19(26)8-10-20)35-16-23(32)28-27-15-17-3-13-22(34-2)14-4-17/h3-15H,16H2,1-2H3,(H,28,32)/b27-15-. The Hall–Kier alpha value is -3.27. The first-order valence-electron chi connectivity index (χ1n) is 10.5. The van der Waals surface area contributed by atoms with E-state index in [0.29, 0.717) is 16.0 Å². The lowest BCUT2D eigenvalue weighted by atomic mass is 10.2. The quantitative estimate of drug-likeness (QED) is 0.176. The van der Waals surface area contributed by atoms with Gasteiger partial charge in [-0.1, -0.05) is 35.5 Å². The van der Waals surface area contributed by atoms with E-state index in [9.17, 15) is 4.79 Å². The maximum Gasteiger partial charge on any atom is 0.250 e. The van der Waals surface area contributed by atoms with E-state index in [1.54, 1.807) is 37.2 Å². The number of halogens is 1. The summed E-state index contributed by atoms with van der Waals surface area (Å²) in [6.45, 7) is 0. The van der Waals surface area contributed by atoms with Crippen molar-refractivity contribution in [3.8, 4) is 22.8 Å². The van der Waals surface area contributed by atoms with Gasteiger partial charge in [-0.3, -0.25) is 9.36 Å². The zero-order chi connectivity index (χ0) is 24.6. The van der Waals surface area contributed by atoms with Crippen LogP contribution in [0.2, 0.25) is 5.02 Å². The third-order valence-corrected chi connectivity index (χ3v) is 6.84. The van der Waals surface area contributed by atoms with Gasteiger partial charge in [-0.25, -0.2) is 5.43 Å². The molecule has 0 aliphatic heterocycles. The largest absolute Gasteiger partial charge is 0.497 e. The zero-order valence-corrected chi connectivity index (χ0v) is 21.4. The molecule has 0 atom stereocenters. The first-order valence-corrected chi connectivity index (χ1v) is 13.1. The molecule has 0 spiro atoms. The van der Waals surface area contributed by atoms with Gasteiger partial charge in [0.15, 0.2) is 11.0 Å². The second-order valence-electron chi connectivity index (χ2n) is 7.20. The first kappa shape index (κ1) is 24.8. The fourth-order valence-electron chi connectivity index (χ4n) is 3.14. The van der Waals surface area contributed by atoms with Crippen LogP contribution in [-0.4, -0.2) is 46.0 Å². The minimum atomic E-state index is -0.247. The van der Waals surface area contributed by atoms with Crippen LogP contribution in [0.25, 0.3) is 17.1 Å². The third kappa shape index (κ3) is 6.45. The van der Waals surface area contributed by atoms with Crippen molar-refractivity contribution in [2.75, 3.05) is 19.1 Å². The molecule has 7 nitrogen and oxygen atoms in total. The molecule has 0 bridgehead atoms. The Morgan fingerprint density at radius 2 is 1.77 bits per heavy atom. The minimum Gasteiger partial charge on any atom is -0.497 e. The van der Waals surface area contributed by atoms with Crippen LogP contribution in [0.3, 0.4) is 0 Å². The van der Waals surface area contributed by atoms with Crippen LogP contribution in [0.15, 0.2) is 87.9 Å². The summed E-state index contributed by atoms with van der Waals surface area (Å²) >= 11 is 9.03. The van der Waals surface area contributed by atoms with Crippen LogP contribution in [0.5, 0.6) is 5.75 Å². The summed E-state index contributed by atoms with van der Waals surface area (Å²) in [6.07, 6.45) is 3.64. The molecule has 4 rings (SSSR count). The van der Waals surface area contributed by atoms with Gasteiger partial charge in [0.2, 0.25) is 0 Å². The summed E-state index contributed by atoms with van der Waals surface area (Å²) in [5.41, 5.74) is 5.16. The van der Waals surface area contributed by atoms with Crippen LogP contribution in [0.4, 0.5) is 0 Å². The molecule has 1 amide bonds. The number of thioether (sulfide) groups is 2. The lowest BCUT2D eigenvalue weighted by Crippen LogP contribution is -2.20. The number of nitrogens with zero attached hydrogens (tertiary/aromatic N) is 4. The smallest absolute Gasteiger partial charge is 0.250 e. The molecule has 35 heavy (non-hydrogen) atoms. The normalized spacial score (nSPS) is 11.1. The van der Waals surface area contributed by atoms with Gasteiger partial charge in [0, 0.05) is 21.2 Å². The van der Waals surface area contributed by atoms with E-state index >= 15 is 0 Å². The molecule has 1 N–H and O–H groups in total. The Kier molecular flexibility index (Phi) is 8.46. The van der Waals surface area contributed by atoms with E-state index in [1.165, 1.54) is 16.7 Å². The van der Waals surface area contributed by atoms with E-state index in [1.807, 2.05) is 71.5 Å². The number of benzene rings is 3. The molecule has 178 valence electrons. The summed E-state index contributed by atoms with van der Waals surface area (Å²) in [7, 11) is 1.62. The first-order chi connectivity index (χ1) is 17.1. The lowest BCUT2D eigenvalue weighted by Gasteiger charge is -2.11. The highest BCUT2D eigenvalue weighted by atomic mass is 35.5. The molecular formula is C25H22ClN5O2S2. The van der Waals surface area contributed by atoms with E-state index in [4.69, 9.17) is 16.3 Å². The number of aromatic nitrogens is 3. The van der Waals surface area contributed by atoms with Crippen molar-refractivity contribution < 1.29 is 9.53 Å². The Bertz CT molecular complexity index is 1310. The summed E-state index contributed by atoms with van der Waals surface area (Å²) in [5.74, 6) is 1.27. The van der Waals surface area contributed by atoms with Gasteiger partial charge in [0.1, 0.15) is 5.75 Å². The van der Waals surface area contributed by atoms with Crippen molar-refractivity contribution in [2.45, 2.75) is 10.1 Å². The van der Waals surface area contributed by atoms with Crippen LogP contribution in [0.1, 0.15) is 5.56 Å². The number of ether oxygens (including phenoxy) is 1. The van der Waals surface area contributed by atoms with Crippen LogP contribution >= 0.6 is 35.1 Å². The van der Waals surface area contributed by atoms with E-state index in [0.717, 1.165) is 22.6 Å². The van der Waals surface area contributed by atoms with Gasteiger partial charge in [-0.15, -0.1) is 22.0 Å². The molecule has 1 heterocycles. The van der Waals surface area contributed by atoms with Crippen molar-refractivity contribution in [3.63, 3.8) is 0 Å². The molecule has 10 heteroatoms. The number of nitrogens with one attached hydrogen (secondary N) is 1. The van der Waals surface area contributed by atoms with Crippen molar-refractivity contribution in [1.29, 1.82) is 0 Å². The lowest BCUT2D eigenvalue weighted by molar-refractivity contribution is -0.118. The van der Waals surface area contributed by atoms with Crippen LogP contribution in [0, 0.1) is 0 Å². The highest BCUT2D eigenvalue weighted by Gasteiger charge is 2.17. The molecule has 0 fully saturated rings. The Morgan fingerprint density at radius 1 is 1.06 bits per heavy atom. The maximum atomic E-state index is 12.4. The summed E-state index contributed by atoms with van der Waals surface area (Å²) < 4.78 is 7.15. The molecule has 0 radical (unpaired) electrons. The van der Waals surface area contributed by atoms with E-state index in [-0.39, 0.29) is 11.7 Å². The number of carbonyl (C=O) groups is 1. The fraction of sp³-hybridized carbons (Fsp3) is 0.120. The molecule has 0 saturated heterocycles. The van der Waals surface area contributed by atoms with Gasteiger partial charge in [0.25, 0.3) is 5.91 Å². The summed E-state index contributed by atoms with van der Waals surface area (Å²) in [5, 5.41) is 14.0. The minimum absolute atomic E-state index is 0.122. The van der Waals surface area contributed by atoms with Crippen molar-refractivity contribution >= 4 is 47.2 Å². The van der Waals surface area contributed by atoms with Crippen molar-refractivity contribution in [2.24, 2.45) is 5.10 Å². The molecule has 0 aliphatic carbocycles. The predicted octanol–water partition coefficient (Wildman–Crippen LogP) is 5.56. The van der Waals surface area contributed by atoms with Crippen LogP contribution < -0.4 is 10.2 Å². The fourth-order valence-corrected chi connectivity index (χ4v) is 4.42. The third-order valence-electron chi connectivity index (χ3n) is 4.92. The molecule has 1 aromatic heterocycles. The number of rotatable bonds is 9. The molecular weight excluding hydrogens is 502 g/mol. The number of methoxy groups -OCH3 is 1. The number of amides is 1. The van der Waals surface area contributed by atoms with Gasteiger partial charge < -0.3 is 4.74 Å². The van der Waals surface area contributed by atoms with Gasteiger partial charge in [-0.05, 0) is 72.5 Å². The summed E-state index contributed by atoms with van der Waals surface area (Å²) in [4.78, 5) is 13.6. The Morgan fingerprint density at radius 3 is 2.43 bits per heavy atom. The molecule has 0 saturated carbocycles. The highest BCUT2D eigenvalue weighted by Crippen LogP contribution is 2.29. The molecule has 0 aliphatic rings. The van der Waals surface area contributed by atoms with Crippen LogP contribution in [-0.2, 0) is 4.79 Å². The molecule has 0 unspecified atom stereocenters. The highest BCUT2D eigenvalue weighted by molar-refractivity contribution is 7.99. The van der Waals surface area contributed by atoms with Gasteiger partial charge >= 0.3 is 0 Å². The zero-order valence-electron chi connectivity index (χ0n) is 19.0. The Labute approximate surface area is 216 Å². The van der Waals surface area contributed by atoms with Crippen molar-refractivity contribution in [3.05, 3.63) is 83.4 Å². The van der Waals surface area contributed by atoms with E-state index in [2.05, 4.69) is 20.7 Å². The van der Waals surface area contributed by atoms with Gasteiger partial charge in [0.05, 0.1) is 19.1 Å². The summed E-state index contributed by atoms with van der Waals surface area (Å²) in [6, 6.07) is 22.8. The molecule has 3 aromatic carbocycles.